The summed E-state index contributed by atoms with van der Waals surface area (Å²) >= 11 is 9.90. The van der Waals surface area contributed by atoms with E-state index in [1.165, 1.54) is 37.8 Å². The van der Waals surface area contributed by atoms with E-state index in [1.54, 1.807) is 0 Å². The van der Waals surface area contributed by atoms with Gasteiger partial charge in [-0.3, -0.25) is 4.90 Å². The second-order valence-corrected chi connectivity index (χ2v) is 7.78. The first kappa shape index (κ1) is 15.8. The first-order valence-electron chi connectivity index (χ1n) is 8.08. The van der Waals surface area contributed by atoms with Crippen LogP contribution in [-0.2, 0) is 6.54 Å². The van der Waals surface area contributed by atoms with Crippen molar-refractivity contribution in [2.75, 3.05) is 13.1 Å². The third kappa shape index (κ3) is 4.01. The lowest BCUT2D eigenvalue weighted by molar-refractivity contribution is 0.108. The van der Waals surface area contributed by atoms with Crippen LogP contribution in [0.25, 0.3) is 0 Å². The molecule has 0 bridgehead atoms. The number of nitrogens with zero attached hydrogens (tertiary/aromatic N) is 1. The van der Waals surface area contributed by atoms with Crippen molar-refractivity contribution in [1.29, 1.82) is 0 Å². The van der Waals surface area contributed by atoms with Crippen LogP contribution in [0.4, 0.5) is 0 Å². The van der Waals surface area contributed by atoms with Crippen molar-refractivity contribution in [1.82, 2.24) is 10.2 Å². The van der Waals surface area contributed by atoms with Crippen LogP contribution in [0.5, 0.6) is 0 Å². The molecule has 1 aromatic rings. The van der Waals surface area contributed by atoms with Gasteiger partial charge in [-0.15, -0.1) is 0 Å². The van der Waals surface area contributed by atoms with E-state index >= 15 is 0 Å². The summed E-state index contributed by atoms with van der Waals surface area (Å²) in [4.78, 5) is 2.65. The van der Waals surface area contributed by atoms with Crippen molar-refractivity contribution in [2.45, 2.75) is 51.2 Å². The minimum absolute atomic E-state index is 0.643. The maximum Gasteiger partial charge on any atom is 0.0462 e. The van der Waals surface area contributed by atoms with Crippen LogP contribution in [-0.4, -0.2) is 30.1 Å². The molecule has 0 aromatic heterocycles. The topological polar surface area (TPSA) is 15.3 Å². The Bertz CT molecular complexity index is 490. The fourth-order valence-electron chi connectivity index (χ4n) is 3.38. The Morgan fingerprint density at radius 1 is 1.38 bits per heavy atom. The Labute approximate surface area is 141 Å². The zero-order valence-corrected chi connectivity index (χ0v) is 15.0. The average Bonchev–Trinajstić information content (AvgIpc) is 3.28. The summed E-state index contributed by atoms with van der Waals surface area (Å²) in [6, 6.07) is 7.59. The van der Waals surface area contributed by atoms with Gasteiger partial charge in [-0.1, -0.05) is 46.9 Å². The molecule has 1 aliphatic heterocycles. The molecule has 4 heteroatoms. The predicted molar refractivity (Wildman–Crippen MR) is 92.8 cm³/mol. The van der Waals surface area contributed by atoms with Crippen LogP contribution in [0.3, 0.4) is 0 Å². The van der Waals surface area contributed by atoms with E-state index in [2.05, 4.69) is 45.2 Å². The highest BCUT2D eigenvalue weighted by molar-refractivity contribution is 9.10. The number of benzene rings is 1. The molecule has 0 spiro atoms. The second kappa shape index (κ2) is 6.99. The zero-order chi connectivity index (χ0) is 14.8. The van der Waals surface area contributed by atoms with Gasteiger partial charge in [0.2, 0.25) is 0 Å². The minimum Gasteiger partial charge on any atom is -0.311 e. The number of hydrogen-bond donors (Lipinski definition) is 1. The Kier molecular flexibility index (Phi) is 5.26. The Hall–Kier alpha value is -0.0900. The molecule has 2 atom stereocenters. The molecule has 2 unspecified atom stereocenters. The third-order valence-corrected chi connectivity index (χ3v) is 5.61. The highest BCUT2D eigenvalue weighted by Gasteiger charge is 2.36. The monoisotopic (exact) mass is 370 g/mol. The highest BCUT2D eigenvalue weighted by atomic mass is 79.9. The van der Waals surface area contributed by atoms with Crippen molar-refractivity contribution in [3.63, 3.8) is 0 Å². The normalized spacial score (nSPS) is 27.0. The largest absolute Gasteiger partial charge is 0.311 e. The van der Waals surface area contributed by atoms with E-state index in [0.717, 1.165) is 28.5 Å². The standard InChI is InChI=1S/C17H24BrClN2/c1-2-3-15-9-20-17(12-4-5-12)11-21(15)10-13-6-7-14(18)8-16(13)19/h6-8,12,15,17,20H,2-5,9-11H2,1H3. The highest BCUT2D eigenvalue weighted by Crippen LogP contribution is 2.35. The molecule has 1 N–H and O–H groups in total. The lowest BCUT2D eigenvalue weighted by atomic mass is 10.0. The maximum absolute atomic E-state index is 6.41. The first-order chi connectivity index (χ1) is 10.2. The predicted octanol–water partition coefficient (Wildman–Crippen LogP) is 4.46. The summed E-state index contributed by atoms with van der Waals surface area (Å²) < 4.78 is 1.05. The van der Waals surface area contributed by atoms with Crippen LogP contribution in [0.15, 0.2) is 22.7 Å². The summed E-state index contributed by atoms with van der Waals surface area (Å²) in [6.45, 7) is 5.55. The SMILES string of the molecule is CCCC1CNC(C2CC2)CN1Cc1ccc(Br)cc1Cl. The van der Waals surface area contributed by atoms with Crippen molar-refractivity contribution in [2.24, 2.45) is 5.92 Å². The van der Waals surface area contributed by atoms with Crippen LogP contribution in [0.1, 0.15) is 38.2 Å². The second-order valence-electron chi connectivity index (χ2n) is 6.46. The van der Waals surface area contributed by atoms with Gasteiger partial charge < -0.3 is 5.32 Å². The molecular formula is C17H24BrClN2. The Morgan fingerprint density at radius 2 is 2.19 bits per heavy atom. The van der Waals surface area contributed by atoms with Crippen LogP contribution >= 0.6 is 27.5 Å². The van der Waals surface area contributed by atoms with Gasteiger partial charge in [0.25, 0.3) is 0 Å². The molecule has 3 rings (SSSR count). The zero-order valence-electron chi connectivity index (χ0n) is 12.6. The average molecular weight is 372 g/mol. The number of halogens is 2. The lowest BCUT2D eigenvalue weighted by Gasteiger charge is -2.41. The molecule has 1 aliphatic carbocycles. The number of nitrogens with one attached hydrogen (secondary N) is 1. The lowest BCUT2D eigenvalue weighted by Crippen LogP contribution is -2.56. The first-order valence-corrected chi connectivity index (χ1v) is 9.26. The Balaban J connectivity index is 1.71. The van der Waals surface area contributed by atoms with Crippen LogP contribution < -0.4 is 5.32 Å². The van der Waals surface area contributed by atoms with Gasteiger partial charge in [-0.2, -0.15) is 0 Å². The molecule has 2 nitrogen and oxygen atoms in total. The van der Waals surface area contributed by atoms with E-state index in [9.17, 15) is 0 Å². The van der Waals surface area contributed by atoms with E-state index < -0.39 is 0 Å². The van der Waals surface area contributed by atoms with E-state index in [0.29, 0.717) is 12.1 Å². The van der Waals surface area contributed by atoms with E-state index in [-0.39, 0.29) is 0 Å². The van der Waals surface area contributed by atoms with Crippen molar-refractivity contribution >= 4 is 27.5 Å². The molecule has 21 heavy (non-hydrogen) atoms. The number of piperazine rings is 1. The number of rotatable bonds is 5. The van der Waals surface area contributed by atoms with Crippen molar-refractivity contribution in [3.05, 3.63) is 33.3 Å². The van der Waals surface area contributed by atoms with Gasteiger partial charge in [0, 0.05) is 41.2 Å². The van der Waals surface area contributed by atoms with E-state index in [1.807, 2.05) is 6.07 Å². The van der Waals surface area contributed by atoms with Gasteiger partial charge in [0.15, 0.2) is 0 Å². The Morgan fingerprint density at radius 3 is 2.86 bits per heavy atom. The van der Waals surface area contributed by atoms with Gasteiger partial charge in [0.1, 0.15) is 0 Å². The summed E-state index contributed by atoms with van der Waals surface area (Å²) in [5, 5.41) is 4.65. The molecule has 2 fully saturated rings. The van der Waals surface area contributed by atoms with Gasteiger partial charge in [0.05, 0.1) is 0 Å². The summed E-state index contributed by atoms with van der Waals surface area (Å²) in [5.74, 6) is 0.912. The molecular weight excluding hydrogens is 348 g/mol. The third-order valence-electron chi connectivity index (χ3n) is 4.76. The number of hydrogen-bond acceptors (Lipinski definition) is 2. The fourth-order valence-corrected chi connectivity index (χ4v) is 4.11. The molecule has 1 heterocycles. The molecule has 116 valence electrons. The molecule has 0 amide bonds. The molecule has 1 saturated carbocycles. The van der Waals surface area contributed by atoms with Gasteiger partial charge in [-0.05, 0) is 42.9 Å². The maximum atomic E-state index is 6.41. The molecule has 1 aromatic carbocycles. The van der Waals surface area contributed by atoms with Crippen LogP contribution in [0, 0.1) is 5.92 Å². The summed E-state index contributed by atoms with van der Waals surface area (Å²) in [6.07, 6.45) is 5.32. The van der Waals surface area contributed by atoms with Gasteiger partial charge >= 0.3 is 0 Å². The smallest absolute Gasteiger partial charge is 0.0462 e. The molecule has 2 aliphatic rings. The molecule has 0 radical (unpaired) electrons. The van der Waals surface area contributed by atoms with Crippen molar-refractivity contribution in [3.8, 4) is 0 Å². The summed E-state index contributed by atoms with van der Waals surface area (Å²) in [5.41, 5.74) is 1.25. The van der Waals surface area contributed by atoms with E-state index in [4.69, 9.17) is 11.6 Å². The molecule has 1 saturated heterocycles. The fraction of sp³-hybridized carbons (Fsp3) is 0.647. The quantitative estimate of drug-likeness (QED) is 0.822. The summed E-state index contributed by atoms with van der Waals surface area (Å²) in [7, 11) is 0. The minimum atomic E-state index is 0.643. The van der Waals surface area contributed by atoms with Crippen molar-refractivity contribution < 1.29 is 0 Å². The van der Waals surface area contributed by atoms with Gasteiger partial charge in [-0.25, -0.2) is 0 Å². The van der Waals surface area contributed by atoms with Crippen LogP contribution in [0.2, 0.25) is 5.02 Å².